The topological polar surface area (TPSA) is 26.3 Å². The van der Waals surface area contributed by atoms with Gasteiger partial charge in [0.25, 0.3) is 0 Å². The van der Waals surface area contributed by atoms with Crippen LogP contribution in [0.1, 0.15) is 79.1 Å². The summed E-state index contributed by atoms with van der Waals surface area (Å²) in [6, 6.07) is 0. The van der Waals surface area contributed by atoms with Gasteiger partial charge in [0.15, 0.2) is 0 Å². The lowest BCUT2D eigenvalue weighted by Crippen LogP contribution is -2.62. The van der Waals surface area contributed by atoms with Gasteiger partial charge < -0.3 is 4.74 Å². The molecule has 3 aliphatic carbocycles. The quantitative estimate of drug-likeness (QED) is 0.493. The summed E-state index contributed by atoms with van der Waals surface area (Å²) in [5, 5.41) is 0. The molecule has 1 heterocycles. The van der Waals surface area contributed by atoms with Gasteiger partial charge in [0.2, 0.25) is 0 Å². The number of hydrogen-bond donors (Lipinski definition) is 0. The minimum absolute atomic E-state index is 0.0467. The van der Waals surface area contributed by atoms with E-state index in [1.54, 1.807) is 7.11 Å². The molecule has 0 radical (unpaired) electrons. The summed E-state index contributed by atoms with van der Waals surface area (Å²) in [5.41, 5.74) is 0.487. The second-order valence-corrected chi connectivity index (χ2v) is 13.4. The van der Waals surface area contributed by atoms with Crippen molar-refractivity contribution in [2.75, 3.05) is 18.6 Å². The zero-order chi connectivity index (χ0) is 19.5. The Morgan fingerprint density at radius 3 is 2.33 bits per heavy atom. The van der Waals surface area contributed by atoms with Gasteiger partial charge in [0, 0.05) is 11.5 Å². The summed E-state index contributed by atoms with van der Waals surface area (Å²) in [4.78, 5) is 12.8. The SMILES string of the molecule is CC[C@]1(C)CC[C@@H]2[C@H](CC[C@@H]3[C@]2(C)CCC[C@@]3(C)C(=O)OC)C12SCCS2. The Kier molecular flexibility index (Phi) is 5.19. The first-order valence-corrected chi connectivity index (χ1v) is 13.1. The molecule has 154 valence electrons. The summed E-state index contributed by atoms with van der Waals surface area (Å²) in [6.45, 7) is 9.78. The number of thioether (sulfide) groups is 2. The van der Waals surface area contributed by atoms with Crippen molar-refractivity contribution < 1.29 is 9.53 Å². The molecule has 27 heavy (non-hydrogen) atoms. The monoisotopic (exact) mass is 410 g/mol. The van der Waals surface area contributed by atoms with Crippen molar-refractivity contribution >= 4 is 29.5 Å². The van der Waals surface area contributed by atoms with E-state index in [9.17, 15) is 4.79 Å². The lowest BCUT2D eigenvalue weighted by Gasteiger charge is -2.66. The molecule has 4 heteroatoms. The van der Waals surface area contributed by atoms with Crippen LogP contribution in [-0.4, -0.2) is 28.7 Å². The molecule has 2 nitrogen and oxygen atoms in total. The van der Waals surface area contributed by atoms with Gasteiger partial charge in [0.1, 0.15) is 0 Å². The maximum Gasteiger partial charge on any atom is 0.311 e. The molecular formula is C23H38O2S2. The summed E-state index contributed by atoms with van der Waals surface area (Å²) < 4.78 is 5.73. The summed E-state index contributed by atoms with van der Waals surface area (Å²) in [6.07, 6.45) is 10.1. The molecule has 0 bridgehead atoms. The van der Waals surface area contributed by atoms with E-state index in [1.807, 2.05) is 0 Å². The molecule has 4 rings (SSSR count). The van der Waals surface area contributed by atoms with E-state index < -0.39 is 0 Å². The van der Waals surface area contributed by atoms with E-state index >= 15 is 0 Å². The number of fused-ring (bicyclic) bond motifs is 4. The zero-order valence-corrected chi connectivity index (χ0v) is 19.6. The Hall–Kier alpha value is 0.170. The Morgan fingerprint density at radius 2 is 1.70 bits per heavy atom. The Morgan fingerprint density at radius 1 is 1.00 bits per heavy atom. The van der Waals surface area contributed by atoms with Crippen LogP contribution in [0.2, 0.25) is 0 Å². The maximum absolute atomic E-state index is 12.8. The van der Waals surface area contributed by atoms with Crippen LogP contribution in [0, 0.1) is 34.0 Å². The fourth-order valence-corrected chi connectivity index (χ4v) is 12.3. The van der Waals surface area contributed by atoms with Crippen molar-refractivity contribution in [1.29, 1.82) is 0 Å². The fraction of sp³-hybridized carbons (Fsp3) is 0.957. The van der Waals surface area contributed by atoms with E-state index in [-0.39, 0.29) is 11.4 Å². The van der Waals surface area contributed by atoms with Gasteiger partial charge in [-0.1, -0.05) is 27.2 Å². The van der Waals surface area contributed by atoms with E-state index in [4.69, 9.17) is 4.74 Å². The first-order chi connectivity index (χ1) is 12.8. The number of ether oxygens (including phenoxy) is 1. The summed E-state index contributed by atoms with van der Waals surface area (Å²) >= 11 is 4.61. The minimum Gasteiger partial charge on any atom is -0.469 e. The molecule has 1 spiro atoms. The number of rotatable bonds is 2. The average molecular weight is 411 g/mol. The summed E-state index contributed by atoms with van der Waals surface area (Å²) in [7, 11) is 1.58. The molecule has 0 N–H and O–H groups in total. The molecule has 4 fully saturated rings. The number of carbonyl (C=O) groups is 1. The first-order valence-electron chi connectivity index (χ1n) is 11.1. The molecule has 6 atom stereocenters. The lowest BCUT2D eigenvalue weighted by atomic mass is 9.42. The average Bonchev–Trinajstić information content (AvgIpc) is 3.15. The third kappa shape index (κ3) is 2.64. The molecule has 1 saturated heterocycles. The smallest absolute Gasteiger partial charge is 0.311 e. The van der Waals surface area contributed by atoms with E-state index in [2.05, 4.69) is 51.2 Å². The van der Waals surface area contributed by atoms with Crippen LogP contribution in [0.15, 0.2) is 0 Å². The zero-order valence-electron chi connectivity index (χ0n) is 17.9. The van der Waals surface area contributed by atoms with Crippen molar-refractivity contribution in [1.82, 2.24) is 0 Å². The standard InChI is InChI=1S/C23H38O2S2/c1-6-20(2)13-10-16-17(23(20)26-14-15-27-23)8-9-18-21(16,3)11-7-12-22(18,4)19(24)25-5/h16-18H,6-15H2,1-5H3/t16-,17+,18-,20-,21-,22-/m1/s1. The number of esters is 1. The Bertz CT molecular complexity index is 601. The van der Waals surface area contributed by atoms with Crippen molar-refractivity contribution in [2.45, 2.75) is 83.1 Å². The van der Waals surface area contributed by atoms with Gasteiger partial charge in [-0.2, -0.15) is 0 Å². The van der Waals surface area contributed by atoms with Crippen LogP contribution in [-0.2, 0) is 9.53 Å². The van der Waals surface area contributed by atoms with Gasteiger partial charge in [0.05, 0.1) is 16.6 Å². The van der Waals surface area contributed by atoms with E-state index in [0.29, 0.717) is 20.8 Å². The Balaban J connectivity index is 1.72. The fourth-order valence-electron chi connectivity index (χ4n) is 7.98. The lowest BCUT2D eigenvalue weighted by molar-refractivity contribution is -0.177. The second kappa shape index (κ2) is 6.86. The number of methoxy groups -OCH3 is 1. The van der Waals surface area contributed by atoms with Gasteiger partial charge in [-0.25, -0.2) is 0 Å². The third-order valence-electron chi connectivity index (χ3n) is 9.56. The van der Waals surface area contributed by atoms with Crippen LogP contribution in [0.25, 0.3) is 0 Å². The van der Waals surface area contributed by atoms with Crippen molar-refractivity contribution in [2.24, 2.45) is 34.0 Å². The number of carbonyl (C=O) groups excluding carboxylic acids is 1. The highest BCUT2D eigenvalue weighted by molar-refractivity contribution is 8.21. The highest BCUT2D eigenvalue weighted by Gasteiger charge is 2.67. The highest BCUT2D eigenvalue weighted by atomic mass is 32.2. The largest absolute Gasteiger partial charge is 0.469 e. The van der Waals surface area contributed by atoms with Gasteiger partial charge in [-0.05, 0) is 80.5 Å². The summed E-state index contributed by atoms with van der Waals surface area (Å²) in [5.74, 6) is 4.78. The third-order valence-corrected chi connectivity index (χ3v) is 13.8. The molecular weight excluding hydrogens is 372 g/mol. The normalized spacial score (nSPS) is 48.7. The Labute approximate surface area is 174 Å². The van der Waals surface area contributed by atoms with Crippen molar-refractivity contribution in [3.63, 3.8) is 0 Å². The number of hydrogen-bond acceptors (Lipinski definition) is 4. The van der Waals surface area contributed by atoms with Crippen LogP contribution in [0.3, 0.4) is 0 Å². The predicted octanol–water partition coefficient (Wildman–Crippen LogP) is 6.38. The molecule has 0 unspecified atom stereocenters. The predicted molar refractivity (Wildman–Crippen MR) is 117 cm³/mol. The van der Waals surface area contributed by atoms with E-state index in [1.165, 1.54) is 56.5 Å². The van der Waals surface area contributed by atoms with Gasteiger partial charge >= 0.3 is 5.97 Å². The molecule has 3 saturated carbocycles. The van der Waals surface area contributed by atoms with Gasteiger partial charge in [-0.3, -0.25) is 4.79 Å². The molecule has 4 aliphatic rings. The molecule has 0 aromatic heterocycles. The highest BCUT2D eigenvalue weighted by Crippen LogP contribution is 2.73. The van der Waals surface area contributed by atoms with Crippen LogP contribution in [0.5, 0.6) is 0 Å². The van der Waals surface area contributed by atoms with Crippen molar-refractivity contribution in [3.05, 3.63) is 0 Å². The van der Waals surface area contributed by atoms with Crippen LogP contribution >= 0.6 is 23.5 Å². The maximum atomic E-state index is 12.8. The minimum atomic E-state index is -0.276. The molecule has 0 aromatic rings. The van der Waals surface area contributed by atoms with Crippen LogP contribution < -0.4 is 0 Å². The second-order valence-electron chi connectivity index (χ2n) is 10.4. The van der Waals surface area contributed by atoms with E-state index in [0.717, 1.165) is 18.3 Å². The molecule has 0 amide bonds. The van der Waals surface area contributed by atoms with Crippen LogP contribution in [0.4, 0.5) is 0 Å². The first kappa shape index (κ1) is 20.4. The molecule has 1 aliphatic heterocycles. The van der Waals surface area contributed by atoms with Gasteiger partial charge in [-0.15, -0.1) is 23.5 Å². The van der Waals surface area contributed by atoms with Crippen molar-refractivity contribution in [3.8, 4) is 0 Å². The molecule has 0 aromatic carbocycles.